The number of likely N-dealkylation sites (N-methyl/N-ethyl adjacent to an activating group) is 2. The lowest BCUT2D eigenvalue weighted by molar-refractivity contribution is 0.0760. The molecule has 0 aliphatic carbocycles. The standard InChI is InChI=1S/C14H18Br2N2O/c1-17-7-3-4-11(17)9-18(2)14(19)12-6-5-10(15)8-13(12)16/h5-6,8,11H,3-4,7,9H2,1-2H3. The molecule has 0 saturated carbocycles. The van der Waals surface area contributed by atoms with E-state index >= 15 is 0 Å². The molecule has 1 aliphatic rings. The van der Waals surface area contributed by atoms with Crippen molar-refractivity contribution >= 4 is 37.8 Å². The number of amides is 1. The number of halogens is 2. The lowest BCUT2D eigenvalue weighted by Gasteiger charge is -2.26. The van der Waals surface area contributed by atoms with Crippen LogP contribution in [-0.4, -0.2) is 48.9 Å². The number of likely N-dealkylation sites (tertiary alicyclic amines) is 1. The Bertz CT molecular complexity index is 479. The molecular weight excluding hydrogens is 372 g/mol. The molecule has 1 unspecified atom stereocenters. The van der Waals surface area contributed by atoms with Crippen molar-refractivity contribution < 1.29 is 4.79 Å². The van der Waals surface area contributed by atoms with Crippen LogP contribution in [0.15, 0.2) is 27.1 Å². The molecule has 0 radical (unpaired) electrons. The van der Waals surface area contributed by atoms with Crippen LogP contribution in [0.25, 0.3) is 0 Å². The summed E-state index contributed by atoms with van der Waals surface area (Å²) in [6, 6.07) is 6.14. The molecule has 1 heterocycles. The van der Waals surface area contributed by atoms with E-state index in [4.69, 9.17) is 0 Å². The van der Waals surface area contributed by atoms with Gasteiger partial charge in [0, 0.05) is 28.6 Å². The number of benzene rings is 1. The zero-order valence-corrected chi connectivity index (χ0v) is 14.4. The molecule has 0 spiro atoms. The number of nitrogens with zero attached hydrogens (tertiary/aromatic N) is 2. The highest BCUT2D eigenvalue weighted by molar-refractivity contribution is 9.11. The van der Waals surface area contributed by atoms with Crippen LogP contribution >= 0.6 is 31.9 Å². The van der Waals surface area contributed by atoms with Crippen molar-refractivity contribution in [2.45, 2.75) is 18.9 Å². The lowest BCUT2D eigenvalue weighted by atomic mass is 10.1. The van der Waals surface area contributed by atoms with Crippen molar-refractivity contribution in [3.63, 3.8) is 0 Å². The van der Waals surface area contributed by atoms with Gasteiger partial charge in [-0.25, -0.2) is 0 Å². The molecule has 1 fully saturated rings. The van der Waals surface area contributed by atoms with E-state index in [1.54, 1.807) is 0 Å². The lowest BCUT2D eigenvalue weighted by Crippen LogP contribution is -2.39. The Balaban J connectivity index is 2.06. The highest BCUT2D eigenvalue weighted by Gasteiger charge is 2.24. The molecule has 1 amide bonds. The third kappa shape index (κ3) is 3.58. The van der Waals surface area contributed by atoms with Crippen LogP contribution in [0.3, 0.4) is 0 Å². The van der Waals surface area contributed by atoms with Gasteiger partial charge < -0.3 is 9.80 Å². The molecule has 1 aliphatic heterocycles. The zero-order chi connectivity index (χ0) is 14.0. The van der Waals surface area contributed by atoms with Gasteiger partial charge >= 0.3 is 0 Å². The van der Waals surface area contributed by atoms with Crippen LogP contribution in [0.2, 0.25) is 0 Å². The molecule has 1 aromatic carbocycles. The summed E-state index contributed by atoms with van der Waals surface area (Å²) in [6.07, 6.45) is 2.40. The minimum atomic E-state index is 0.0691. The van der Waals surface area contributed by atoms with E-state index in [1.807, 2.05) is 30.1 Å². The Kier molecular flexibility index (Phi) is 5.03. The van der Waals surface area contributed by atoms with Gasteiger partial charge in [0.05, 0.1) is 5.56 Å². The normalized spacial score (nSPS) is 19.7. The second kappa shape index (κ2) is 6.37. The third-order valence-electron chi connectivity index (χ3n) is 3.66. The van der Waals surface area contributed by atoms with Gasteiger partial charge in [-0.1, -0.05) is 15.9 Å². The molecular formula is C14H18Br2N2O. The maximum absolute atomic E-state index is 12.4. The Morgan fingerprint density at radius 1 is 1.47 bits per heavy atom. The van der Waals surface area contributed by atoms with Crippen molar-refractivity contribution in [1.29, 1.82) is 0 Å². The third-order valence-corrected chi connectivity index (χ3v) is 4.81. The van der Waals surface area contributed by atoms with Crippen molar-refractivity contribution in [2.75, 3.05) is 27.2 Å². The second-order valence-electron chi connectivity index (χ2n) is 5.09. The van der Waals surface area contributed by atoms with Gasteiger partial charge in [-0.05, 0) is 60.6 Å². The highest BCUT2D eigenvalue weighted by Crippen LogP contribution is 2.23. The number of carbonyl (C=O) groups is 1. The smallest absolute Gasteiger partial charge is 0.254 e. The van der Waals surface area contributed by atoms with Gasteiger partial charge in [0.15, 0.2) is 0 Å². The summed E-state index contributed by atoms with van der Waals surface area (Å²) < 4.78 is 1.80. The van der Waals surface area contributed by atoms with E-state index in [0.29, 0.717) is 11.6 Å². The van der Waals surface area contributed by atoms with E-state index in [1.165, 1.54) is 12.8 Å². The van der Waals surface area contributed by atoms with Gasteiger partial charge in [-0.15, -0.1) is 0 Å². The maximum Gasteiger partial charge on any atom is 0.254 e. The SMILES string of the molecule is CN(CC1CCCN1C)C(=O)c1ccc(Br)cc1Br. The van der Waals surface area contributed by atoms with Crippen molar-refractivity contribution in [1.82, 2.24) is 9.80 Å². The zero-order valence-electron chi connectivity index (χ0n) is 11.2. The Morgan fingerprint density at radius 3 is 2.79 bits per heavy atom. The van der Waals surface area contributed by atoms with E-state index in [-0.39, 0.29) is 5.91 Å². The van der Waals surface area contributed by atoms with Crippen LogP contribution in [-0.2, 0) is 0 Å². The average Bonchev–Trinajstić information content (AvgIpc) is 2.74. The monoisotopic (exact) mass is 388 g/mol. The fraction of sp³-hybridized carbons (Fsp3) is 0.500. The number of hydrogen-bond donors (Lipinski definition) is 0. The van der Waals surface area contributed by atoms with Gasteiger partial charge in [-0.3, -0.25) is 4.79 Å². The fourth-order valence-corrected chi connectivity index (χ4v) is 3.69. The van der Waals surface area contributed by atoms with E-state index in [2.05, 4.69) is 43.8 Å². The van der Waals surface area contributed by atoms with E-state index in [9.17, 15) is 4.79 Å². The quantitative estimate of drug-likeness (QED) is 0.791. The predicted octanol–water partition coefficient (Wildman–Crippen LogP) is 3.38. The molecule has 5 heteroatoms. The maximum atomic E-state index is 12.4. The fourth-order valence-electron chi connectivity index (χ4n) is 2.48. The summed E-state index contributed by atoms with van der Waals surface area (Å²) in [5, 5.41) is 0. The first-order valence-electron chi connectivity index (χ1n) is 6.40. The summed E-state index contributed by atoms with van der Waals surface area (Å²) in [7, 11) is 4.01. The van der Waals surface area contributed by atoms with E-state index in [0.717, 1.165) is 22.0 Å². The Labute approximate surface area is 131 Å². The first-order chi connectivity index (χ1) is 8.99. The van der Waals surface area contributed by atoms with Crippen LogP contribution < -0.4 is 0 Å². The highest BCUT2D eigenvalue weighted by atomic mass is 79.9. The molecule has 0 N–H and O–H groups in total. The van der Waals surface area contributed by atoms with Gasteiger partial charge in [0.2, 0.25) is 0 Å². The van der Waals surface area contributed by atoms with Crippen LogP contribution in [0.1, 0.15) is 23.2 Å². The second-order valence-corrected chi connectivity index (χ2v) is 6.86. The largest absolute Gasteiger partial charge is 0.340 e. The summed E-state index contributed by atoms with van der Waals surface area (Å²) in [5.74, 6) is 0.0691. The van der Waals surface area contributed by atoms with Crippen LogP contribution in [0, 0.1) is 0 Å². The van der Waals surface area contributed by atoms with Crippen molar-refractivity contribution in [3.8, 4) is 0 Å². The molecule has 19 heavy (non-hydrogen) atoms. The van der Waals surface area contributed by atoms with Crippen LogP contribution in [0.4, 0.5) is 0 Å². The molecule has 0 bridgehead atoms. The molecule has 1 atom stereocenters. The van der Waals surface area contributed by atoms with Gasteiger partial charge in [0.25, 0.3) is 5.91 Å². The van der Waals surface area contributed by atoms with Gasteiger partial charge in [-0.2, -0.15) is 0 Å². The molecule has 2 rings (SSSR count). The van der Waals surface area contributed by atoms with E-state index < -0.39 is 0 Å². The summed E-state index contributed by atoms with van der Waals surface area (Å²) in [4.78, 5) is 16.6. The number of rotatable bonds is 3. The molecule has 3 nitrogen and oxygen atoms in total. The number of carbonyl (C=O) groups excluding carboxylic acids is 1. The Morgan fingerprint density at radius 2 is 2.21 bits per heavy atom. The van der Waals surface area contributed by atoms with Crippen molar-refractivity contribution in [2.24, 2.45) is 0 Å². The first kappa shape index (κ1) is 15.0. The molecule has 104 valence electrons. The first-order valence-corrected chi connectivity index (χ1v) is 7.98. The van der Waals surface area contributed by atoms with Crippen LogP contribution in [0.5, 0.6) is 0 Å². The number of hydrogen-bond acceptors (Lipinski definition) is 2. The topological polar surface area (TPSA) is 23.6 Å². The van der Waals surface area contributed by atoms with Crippen molar-refractivity contribution in [3.05, 3.63) is 32.7 Å². The summed E-state index contributed by atoms with van der Waals surface area (Å²) in [6.45, 7) is 1.92. The van der Waals surface area contributed by atoms with Gasteiger partial charge in [0.1, 0.15) is 0 Å². The predicted molar refractivity (Wildman–Crippen MR) is 84.5 cm³/mol. The minimum Gasteiger partial charge on any atom is -0.340 e. The molecule has 1 saturated heterocycles. The molecule has 0 aromatic heterocycles. The molecule has 1 aromatic rings. The Hall–Kier alpha value is -0.390. The minimum absolute atomic E-state index is 0.0691. The average molecular weight is 390 g/mol. The summed E-state index contributed by atoms with van der Waals surface area (Å²) in [5.41, 5.74) is 0.714. The summed E-state index contributed by atoms with van der Waals surface area (Å²) >= 11 is 6.85.